The van der Waals surface area contributed by atoms with Crippen LogP contribution in [0, 0.1) is 11.6 Å². The highest BCUT2D eigenvalue weighted by Gasteiger charge is 2.16. The number of benzene rings is 1. The van der Waals surface area contributed by atoms with E-state index in [9.17, 15) is 13.6 Å². The molecule has 0 unspecified atom stereocenters. The van der Waals surface area contributed by atoms with E-state index in [-0.39, 0.29) is 6.54 Å². The van der Waals surface area contributed by atoms with Gasteiger partial charge in [0.25, 0.3) is 5.91 Å². The molecule has 0 aliphatic carbocycles. The number of thiophene rings is 1. The standard InChI is InChI=1S/C12H9ClF2N2OS/c13-10-2-1-7(19-10)5-17-12(18)8-3-6(14)4-9(16)11(8)15/h1-4H,5,16H2,(H,17,18). The van der Waals surface area contributed by atoms with Crippen LogP contribution in [-0.4, -0.2) is 5.91 Å². The molecule has 0 fully saturated rings. The predicted octanol–water partition coefficient (Wildman–Crippen LogP) is 3.19. The van der Waals surface area contributed by atoms with Crippen molar-refractivity contribution >= 4 is 34.5 Å². The Morgan fingerprint density at radius 1 is 1.37 bits per heavy atom. The third-order valence-electron chi connectivity index (χ3n) is 2.36. The molecule has 0 saturated carbocycles. The molecule has 0 aliphatic heterocycles. The van der Waals surface area contributed by atoms with Gasteiger partial charge < -0.3 is 11.1 Å². The smallest absolute Gasteiger partial charge is 0.254 e. The molecule has 7 heteroatoms. The zero-order valence-corrected chi connectivity index (χ0v) is 11.1. The lowest BCUT2D eigenvalue weighted by Gasteiger charge is -2.06. The third-order valence-corrected chi connectivity index (χ3v) is 3.59. The molecule has 1 aromatic carbocycles. The average Bonchev–Trinajstić information content (AvgIpc) is 2.76. The van der Waals surface area contributed by atoms with Gasteiger partial charge in [0.1, 0.15) is 5.82 Å². The minimum Gasteiger partial charge on any atom is -0.396 e. The van der Waals surface area contributed by atoms with Gasteiger partial charge >= 0.3 is 0 Å². The quantitative estimate of drug-likeness (QED) is 0.856. The Balaban J connectivity index is 2.12. The Bertz CT molecular complexity index is 630. The summed E-state index contributed by atoms with van der Waals surface area (Å²) in [5.74, 6) is -2.42. The molecule has 2 aromatic rings. The molecule has 1 amide bonds. The Morgan fingerprint density at radius 3 is 2.74 bits per heavy atom. The molecule has 0 saturated heterocycles. The number of carbonyl (C=O) groups is 1. The molecule has 2 rings (SSSR count). The Morgan fingerprint density at radius 2 is 2.11 bits per heavy atom. The maximum absolute atomic E-state index is 13.6. The number of carbonyl (C=O) groups excluding carboxylic acids is 1. The van der Waals surface area contributed by atoms with Crippen molar-refractivity contribution < 1.29 is 13.6 Å². The first kappa shape index (κ1) is 13.8. The van der Waals surface area contributed by atoms with Crippen molar-refractivity contribution in [3.63, 3.8) is 0 Å². The number of rotatable bonds is 3. The molecular formula is C12H9ClF2N2OS. The molecule has 100 valence electrons. The largest absolute Gasteiger partial charge is 0.396 e. The van der Waals surface area contributed by atoms with Crippen LogP contribution in [0.4, 0.5) is 14.5 Å². The van der Waals surface area contributed by atoms with E-state index in [0.717, 1.165) is 17.0 Å². The zero-order chi connectivity index (χ0) is 14.0. The molecule has 3 nitrogen and oxygen atoms in total. The molecule has 0 atom stereocenters. The fraction of sp³-hybridized carbons (Fsp3) is 0.0833. The second kappa shape index (κ2) is 5.54. The lowest BCUT2D eigenvalue weighted by Crippen LogP contribution is -2.24. The molecule has 0 bridgehead atoms. The van der Waals surface area contributed by atoms with Crippen molar-refractivity contribution in [2.24, 2.45) is 0 Å². The minimum absolute atomic E-state index is 0.187. The maximum Gasteiger partial charge on any atom is 0.254 e. The van der Waals surface area contributed by atoms with E-state index in [1.165, 1.54) is 11.3 Å². The van der Waals surface area contributed by atoms with Gasteiger partial charge in [-0.1, -0.05) is 11.6 Å². The summed E-state index contributed by atoms with van der Waals surface area (Å²) < 4.78 is 27.3. The van der Waals surface area contributed by atoms with Gasteiger partial charge in [0.15, 0.2) is 5.82 Å². The van der Waals surface area contributed by atoms with Crippen LogP contribution in [0.1, 0.15) is 15.2 Å². The van der Waals surface area contributed by atoms with Crippen molar-refractivity contribution in [1.82, 2.24) is 5.32 Å². The second-order valence-corrected chi connectivity index (χ2v) is 5.54. The highest BCUT2D eigenvalue weighted by atomic mass is 35.5. The number of nitrogens with two attached hydrogens (primary N) is 1. The van der Waals surface area contributed by atoms with Crippen LogP contribution in [-0.2, 0) is 6.54 Å². The number of nitrogens with one attached hydrogen (secondary N) is 1. The normalized spacial score (nSPS) is 10.5. The van der Waals surface area contributed by atoms with Gasteiger partial charge in [-0.25, -0.2) is 8.78 Å². The van der Waals surface area contributed by atoms with Crippen LogP contribution < -0.4 is 11.1 Å². The van der Waals surface area contributed by atoms with Gasteiger partial charge in [-0.05, 0) is 24.3 Å². The number of hydrogen-bond donors (Lipinski definition) is 2. The van der Waals surface area contributed by atoms with Crippen LogP contribution in [0.5, 0.6) is 0 Å². The van der Waals surface area contributed by atoms with Crippen LogP contribution in [0.2, 0.25) is 4.34 Å². The van der Waals surface area contributed by atoms with E-state index >= 15 is 0 Å². The lowest BCUT2D eigenvalue weighted by atomic mass is 10.1. The van der Waals surface area contributed by atoms with Crippen LogP contribution >= 0.6 is 22.9 Å². The first-order valence-corrected chi connectivity index (χ1v) is 6.43. The van der Waals surface area contributed by atoms with Gasteiger partial charge in [-0.3, -0.25) is 4.79 Å². The summed E-state index contributed by atoms with van der Waals surface area (Å²) in [6.07, 6.45) is 0. The number of amides is 1. The highest BCUT2D eigenvalue weighted by molar-refractivity contribution is 7.16. The summed E-state index contributed by atoms with van der Waals surface area (Å²) in [6.45, 7) is 0.187. The lowest BCUT2D eigenvalue weighted by molar-refractivity contribution is 0.0947. The number of nitrogen functional groups attached to an aromatic ring is 1. The van der Waals surface area contributed by atoms with Gasteiger partial charge in [0.05, 0.1) is 22.1 Å². The summed E-state index contributed by atoms with van der Waals surface area (Å²) >= 11 is 7.03. The fourth-order valence-electron chi connectivity index (χ4n) is 1.48. The van der Waals surface area contributed by atoms with Crippen LogP contribution in [0.15, 0.2) is 24.3 Å². The zero-order valence-electron chi connectivity index (χ0n) is 9.54. The molecule has 0 radical (unpaired) electrons. The SMILES string of the molecule is Nc1cc(F)cc(C(=O)NCc2ccc(Cl)s2)c1F. The summed E-state index contributed by atoms with van der Waals surface area (Å²) in [7, 11) is 0. The molecular weight excluding hydrogens is 294 g/mol. The van der Waals surface area contributed by atoms with Crippen molar-refractivity contribution in [2.45, 2.75) is 6.54 Å². The first-order valence-electron chi connectivity index (χ1n) is 5.24. The number of halogens is 3. The molecule has 1 aromatic heterocycles. The van der Waals surface area contributed by atoms with Crippen molar-refractivity contribution in [3.05, 3.63) is 50.7 Å². The number of hydrogen-bond acceptors (Lipinski definition) is 3. The topological polar surface area (TPSA) is 55.1 Å². The van der Waals surface area contributed by atoms with Crippen molar-refractivity contribution in [2.75, 3.05) is 5.73 Å². The molecule has 0 aliphatic rings. The summed E-state index contributed by atoms with van der Waals surface area (Å²) in [4.78, 5) is 12.6. The van der Waals surface area contributed by atoms with Gasteiger partial charge in [-0.2, -0.15) is 0 Å². The van der Waals surface area contributed by atoms with Gasteiger partial charge in [0, 0.05) is 4.88 Å². The monoisotopic (exact) mass is 302 g/mol. The van der Waals surface area contributed by atoms with Crippen molar-refractivity contribution in [3.8, 4) is 0 Å². The van der Waals surface area contributed by atoms with E-state index in [0.29, 0.717) is 4.34 Å². The highest BCUT2D eigenvalue weighted by Crippen LogP contribution is 2.21. The second-order valence-electron chi connectivity index (χ2n) is 3.75. The molecule has 19 heavy (non-hydrogen) atoms. The maximum atomic E-state index is 13.6. The Hall–Kier alpha value is -1.66. The first-order chi connectivity index (χ1) is 8.97. The van der Waals surface area contributed by atoms with E-state index < -0.39 is 28.8 Å². The molecule has 1 heterocycles. The van der Waals surface area contributed by atoms with E-state index in [2.05, 4.69) is 5.32 Å². The fourth-order valence-corrected chi connectivity index (χ4v) is 2.51. The van der Waals surface area contributed by atoms with E-state index in [4.69, 9.17) is 17.3 Å². The Labute approximate surface area is 117 Å². The Kier molecular flexibility index (Phi) is 4.01. The number of anilines is 1. The van der Waals surface area contributed by atoms with Gasteiger partial charge in [0.2, 0.25) is 0 Å². The summed E-state index contributed by atoms with van der Waals surface area (Å²) in [6, 6.07) is 5.06. The van der Waals surface area contributed by atoms with E-state index in [1.807, 2.05) is 0 Å². The van der Waals surface area contributed by atoms with Gasteiger partial charge in [-0.15, -0.1) is 11.3 Å². The summed E-state index contributed by atoms with van der Waals surface area (Å²) in [5.41, 5.74) is 4.44. The van der Waals surface area contributed by atoms with Crippen LogP contribution in [0.25, 0.3) is 0 Å². The average molecular weight is 303 g/mol. The van der Waals surface area contributed by atoms with Crippen LogP contribution in [0.3, 0.4) is 0 Å². The minimum atomic E-state index is -0.928. The molecule has 0 spiro atoms. The third kappa shape index (κ3) is 3.21. The predicted molar refractivity (Wildman–Crippen MR) is 71.3 cm³/mol. The van der Waals surface area contributed by atoms with Crippen molar-refractivity contribution in [1.29, 1.82) is 0 Å². The summed E-state index contributed by atoms with van der Waals surface area (Å²) in [5, 5.41) is 2.47. The molecule has 3 N–H and O–H groups in total. The van der Waals surface area contributed by atoms with E-state index in [1.54, 1.807) is 12.1 Å².